The van der Waals surface area contributed by atoms with E-state index in [1.807, 2.05) is 13.0 Å². The molecule has 1 N–H and O–H groups in total. The van der Waals surface area contributed by atoms with Gasteiger partial charge in [0.05, 0.1) is 12.0 Å². The van der Waals surface area contributed by atoms with Crippen molar-refractivity contribution in [2.45, 2.75) is 46.6 Å². The van der Waals surface area contributed by atoms with Crippen LogP contribution >= 0.6 is 0 Å². The van der Waals surface area contributed by atoms with Crippen molar-refractivity contribution in [3.8, 4) is 0 Å². The third-order valence-electron chi connectivity index (χ3n) is 4.61. The van der Waals surface area contributed by atoms with Crippen molar-refractivity contribution in [2.75, 3.05) is 6.61 Å². The summed E-state index contributed by atoms with van der Waals surface area (Å²) in [5.41, 5.74) is 1.73. The minimum absolute atomic E-state index is 0.0295. The van der Waals surface area contributed by atoms with Crippen LogP contribution in [0.5, 0.6) is 0 Å². The van der Waals surface area contributed by atoms with Crippen LogP contribution in [0, 0.1) is 12.3 Å². The second-order valence-electron chi connectivity index (χ2n) is 6.52. The van der Waals surface area contributed by atoms with E-state index in [1.54, 1.807) is 23.8 Å². The maximum absolute atomic E-state index is 13.1. The van der Waals surface area contributed by atoms with E-state index in [-0.39, 0.29) is 23.2 Å². The fourth-order valence-corrected chi connectivity index (χ4v) is 3.20. The van der Waals surface area contributed by atoms with Gasteiger partial charge in [0.1, 0.15) is 22.3 Å². The number of nitrogens with one attached hydrogen (secondary N) is 1. The molecular weight excluding hydrogens is 344 g/mol. The average molecular weight is 368 g/mol. The highest BCUT2D eigenvalue weighted by Crippen LogP contribution is 2.14. The van der Waals surface area contributed by atoms with Crippen molar-refractivity contribution in [3.05, 3.63) is 51.4 Å². The number of ether oxygens (including phenoxy) is 1. The number of nitrogens with zero attached hydrogens (tertiary/aromatic N) is 3. The van der Waals surface area contributed by atoms with Gasteiger partial charge in [0.2, 0.25) is 0 Å². The number of aryl methyl sites for hydroxylation is 2. The van der Waals surface area contributed by atoms with Crippen molar-refractivity contribution >= 4 is 22.6 Å². The predicted molar refractivity (Wildman–Crippen MR) is 103 cm³/mol. The summed E-state index contributed by atoms with van der Waals surface area (Å²) in [5, 5.41) is 8.83. The molecule has 3 heterocycles. The zero-order valence-electron chi connectivity index (χ0n) is 15.9. The summed E-state index contributed by atoms with van der Waals surface area (Å²) < 4.78 is 8.22. The van der Waals surface area contributed by atoms with Crippen LogP contribution in [-0.4, -0.2) is 26.5 Å². The zero-order chi connectivity index (χ0) is 19.6. The van der Waals surface area contributed by atoms with Crippen LogP contribution in [-0.2, 0) is 11.3 Å². The predicted octanol–water partition coefficient (Wildman–Crippen LogP) is 2.80. The summed E-state index contributed by atoms with van der Waals surface area (Å²) in [6, 6.07) is 5.12. The number of hydrogen-bond acceptors (Lipinski definition) is 5. The summed E-state index contributed by atoms with van der Waals surface area (Å²) >= 11 is 0. The molecule has 3 aromatic heterocycles. The van der Waals surface area contributed by atoms with Gasteiger partial charge in [0.15, 0.2) is 0 Å². The van der Waals surface area contributed by atoms with E-state index in [0.717, 1.165) is 24.8 Å². The number of hydrogen-bond donors (Lipinski definition) is 1. The first-order chi connectivity index (χ1) is 13.0. The van der Waals surface area contributed by atoms with Crippen molar-refractivity contribution in [2.24, 2.45) is 0 Å². The van der Waals surface area contributed by atoms with Gasteiger partial charge in [-0.15, -0.1) is 0 Å². The van der Waals surface area contributed by atoms with E-state index >= 15 is 0 Å². The van der Waals surface area contributed by atoms with Crippen LogP contribution in [0.15, 0.2) is 29.2 Å². The number of fused-ring (bicyclic) bond motifs is 2. The number of aromatic nitrogens is 3. The third-order valence-corrected chi connectivity index (χ3v) is 4.61. The molecule has 0 aliphatic heterocycles. The molecule has 0 fully saturated rings. The van der Waals surface area contributed by atoms with Gasteiger partial charge in [0, 0.05) is 12.7 Å². The van der Waals surface area contributed by atoms with Gasteiger partial charge in [-0.3, -0.25) is 14.6 Å². The van der Waals surface area contributed by atoms with Crippen molar-refractivity contribution in [1.29, 1.82) is 5.41 Å². The molecule has 0 saturated carbocycles. The molecule has 0 unspecified atom stereocenters. The molecule has 0 aromatic carbocycles. The van der Waals surface area contributed by atoms with E-state index in [1.165, 1.54) is 10.5 Å². The van der Waals surface area contributed by atoms with Crippen molar-refractivity contribution < 1.29 is 9.53 Å². The average Bonchev–Trinajstić information content (AvgIpc) is 2.65. The molecule has 0 aliphatic carbocycles. The van der Waals surface area contributed by atoms with Gasteiger partial charge in [0.25, 0.3) is 5.56 Å². The molecule has 0 amide bonds. The second kappa shape index (κ2) is 7.73. The Morgan fingerprint density at radius 3 is 2.74 bits per heavy atom. The Morgan fingerprint density at radius 2 is 2.04 bits per heavy atom. The molecule has 0 radical (unpaired) electrons. The lowest BCUT2D eigenvalue weighted by atomic mass is 10.2. The lowest BCUT2D eigenvalue weighted by Gasteiger charge is -2.14. The largest absolute Gasteiger partial charge is 0.462 e. The summed E-state index contributed by atoms with van der Waals surface area (Å²) in [4.78, 5) is 30.1. The van der Waals surface area contributed by atoms with Crippen LogP contribution in [0.3, 0.4) is 0 Å². The normalized spacial score (nSPS) is 11.2. The smallest absolute Gasteiger partial charge is 0.341 e. The number of esters is 1. The van der Waals surface area contributed by atoms with Gasteiger partial charge >= 0.3 is 5.97 Å². The number of pyridine rings is 2. The van der Waals surface area contributed by atoms with Crippen LogP contribution in [0.4, 0.5) is 0 Å². The van der Waals surface area contributed by atoms with E-state index in [0.29, 0.717) is 23.2 Å². The van der Waals surface area contributed by atoms with Crippen LogP contribution < -0.4 is 11.0 Å². The Bertz CT molecular complexity index is 1130. The molecule has 0 aliphatic rings. The van der Waals surface area contributed by atoms with Crippen LogP contribution in [0.2, 0.25) is 0 Å². The highest BCUT2D eigenvalue weighted by atomic mass is 16.5. The highest BCUT2D eigenvalue weighted by Gasteiger charge is 2.18. The van der Waals surface area contributed by atoms with Gasteiger partial charge in [-0.2, -0.15) is 0 Å². The lowest BCUT2D eigenvalue weighted by molar-refractivity contribution is 0.0523. The molecule has 0 spiro atoms. The SMILES string of the molecule is CCCCCn1c(=N)c(C(=O)OCC)cc2c(=O)n3cccc(C)c3nc21. The molecule has 7 heteroatoms. The Balaban J connectivity index is 2.38. The zero-order valence-corrected chi connectivity index (χ0v) is 15.9. The van der Waals surface area contributed by atoms with E-state index in [4.69, 9.17) is 10.1 Å². The summed E-state index contributed by atoms with van der Waals surface area (Å²) in [6.45, 7) is 6.43. The topological polar surface area (TPSA) is 89.5 Å². The van der Waals surface area contributed by atoms with Gasteiger partial charge in [-0.1, -0.05) is 25.8 Å². The van der Waals surface area contributed by atoms with Gasteiger partial charge in [-0.25, -0.2) is 9.78 Å². The maximum atomic E-state index is 13.1. The van der Waals surface area contributed by atoms with Crippen LogP contribution in [0.25, 0.3) is 16.7 Å². The first-order valence-corrected chi connectivity index (χ1v) is 9.26. The number of rotatable bonds is 6. The van der Waals surface area contributed by atoms with Crippen molar-refractivity contribution in [3.63, 3.8) is 0 Å². The Labute approximate surface area is 156 Å². The standard InChI is InChI=1S/C20H24N4O3/c1-4-6-7-10-23-16(21)14(20(26)27-5-2)12-15-18(23)22-17-13(3)9-8-11-24(17)19(15)25/h8-9,11-12,21H,4-7,10H2,1-3H3. The van der Waals surface area contributed by atoms with E-state index in [9.17, 15) is 9.59 Å². The minimum atomic E-state index is -0.595. The summed E-state index contributed by atoms with van der Waals surface area (Å²) in [6.07, 6.45) is 4.52. The second-order valence-corrected chi connectivity index (χ2v) is 6.52. The monoisotopic (exact) mass is 368 g/mol. The fourth-order valence-electron chi connectivity index (χ4n) is 3.20. The fraction of sp³-hybridized carbons (Fsp3) is 0.400. The summed E-state index contributed by atoms with van der Waals surface area (Å²) in [5.74, 6) is -0.595. The Morgan fingerprint density at radius 1 is 1.26 bits per heavy atom. The Hall–Kier alpha value is -2.96. The quantitative estimate of drug-likeness (QED) is 0.412. The first-order valence-electron chi connectivity index (χ1n) is 9.26. The molecule has 3 aromatic rings. The molecule has 27 heavy (non-hydrogen) atoms. The number of unbranched alkanes of at least 4 members (excludes halogenated alkanes) is 2. The molecule has 7 nitrogen and oxygen atoms in total. The molecule has 0 atom stereocenters. The van der Waals surface area contributed by atoms with Gasteiger partial charge < -0.3 is 9.30 Å². The molecule has 0 bridgehead atoms. The first kappa shape index (κ1) is 18.8. The molecule has 0 saturated heterocycles. The number of carbonyl (C=O) groups excluding carboxylic acids is 1. The molecule has 3 rings (SSSR count). The van der Waals surface area contributed by atoms with E-state index < -0.39 is 5.97 Å². The number of carbonyl (C=O) groups is 1. The van der Waals surface area contributed by atoms with Crippen molar-refractivity contribution in [1.82, 2.24) is 14.0 Å². The minimum Gasteiger partial charge on any atom is -0.462 e. The Kier molecular flexibility index (Phi) is 5.39. The van der Waals surface area contributed by atoms with E-state index in [2.05, 4.69) is 11.9 Å². The van der Waals surface area contributed by atoms with Gasteiger partial charge in [-0.05, 0) is 38.0 Å². The molecular formula is C20H24N4O3. The highest BCUT2D eigenvalue weighted by molar-refractivity contribution is 5.93. The maximum Gasteiger partial charge on any atom is 0.341 e. The third kappa shape index (κ3) is 3.37. The lowest BCUT2D eigenvalue weighted by Crippen LogP contribution is -2.31. The van der Waals surface area contributed by atoms with Crippen LogP contribution in [0.1, 0.15) is 49.0 Å². The summed E-state index contributed by atoms with van der Waals surface area (Å²) in [7, 11) is 0. The molecule has 142 valence electrons.